The summed E-state index contributed by atoms with van der Waals surface area (Å²) in [5.74, 6) is -6.31. The molecule has 46 nitrogen and oxygen atoms in total. The van der Waals surface area contributed by atoms with Crippen LogP contribution in [0.4, 0.5) is 0 Å². The number of nitrogens with zero attached hydrogens (tertiary/aromatic N) is 1. The predicted molar refractivity (Wildman–Crippen MR) is 446 cm³/mol. The Morgan fingerprint density at radius 3 is 1.01 bits per heavy atom. The van der Waals surface area contributed by atoms with Gasteiger partial charge in [0.1, 0.15) is 116 Å². The van der Waals surface area contributed by atoms with Crippen LogP contribution in [0.2, 0.25) is 0 Å². The average Bonchev–Trinajstić information content (AvgIpc) is 1.06. The molecule has 5 rings (SSSR count). The van der Waals surface area contributed by atoms with Gasteiger partial charge in [-0.05, 0) is 121 Å². The number of ether oxygens (including phenoxy) is 9. The van der Waals surface area contributed by atoms with Crippen molar-refractivity contribution in [3.05, 3.63) is 0 Å². The molecule has 5 saturated heterocycles. The van der Waals surface area contributed by atoms with Gasteiger partial charge in [-0.25, -0.2) is 0 Å². The van der Waals surface area contributed by atoms with Crippen molar-refractivity contribution in [2.24, 2.45) is 5.41 Å². The summed E-state index contributed by atoms with van der Waals surface area (Å²) >= 11 is 0. The summed E-state index contributed by atoms with van der Waals surface area (Å²) in [5.41, 5.74) is -0.906. The van der Waals surface area contributed by atoms with E-state index in [0.29, 0.717) is 51.4 Å². The van der Waals surface area contributed by atoms with Gasteiger partial charge in [0.15, 0.2) is 25.2 Å². The molecule has 25 atom stereocenters. The first-order valence-electron chi connectivity index (χ1n) is 44.4. The number of nitrogens with one attached hydrogen (secondary N) is 11. The van der Waals surface area contributed by atoms with Crippen molar-refractivity contribution in [2.75, 3.05) is 99.3 Å². The van der Waals surface area contributed by atoms with Gasteiger partial charge in [-0.2, -0.15) is 0 Å². The number of β-amino-alcohol motifs (C(OH)–C–C–N with tert-alkyl or cyclic N) is 1. The fraction of sp³-hybridized carbons (Fsp3) is 0.854. The van der Waals surface area contributed by atoms with Crippen molar-refractivity contribution in [2.45, 2.75) is 342 Å². The van der Waals surface area contributed by atoms with E-state index in [2.05, 4.69) is 58.5 Å². The van der Waals surface area contributed by atoms with E-state index in [-0.39, 0.29) is 186 Å². The number of carbonyl (C=O) groups is 12. The molecule has 11 unspecified atom stereocenters. The summed E-state index contributed by atoms with van der Waals surface area (Å²) in [4.78, 5) is 161. The van der Waals surface area contributed by atoms with Crippen LogP contribution in [0.25, 0.3) is 0 Å². The smallest absolute Gasteiger partial charge is 0.243 e. The van der Waals surface area contributed by atoms with E-state index in [4.69, 9.17) is 42.6 Å². The first kappa shape index (κ1) is 111. The number of amides is 12. The molecule has 0 aromatic rings. The van der Waals surface area contributed by atoms with Crippen molar-refractivity contribution < 1.29 is 167 Å². The van der Waals surface area contributed by atoms with Crippen LogP contribution < -0.4 is 58.5 Å². The maximum absolute atomic E-state index is 14.8. The maximum atomic E-state index is 14.8. The normalized spacial score (nSPS) is 28.4. The minimum Gasteiger partial charge on any atom is -0.394 e. The molecule has 0 spiro atoms. The highest BCUT2D eigenvalue weighted by Crippen LogP contribution is 2.30. The molecule has 5 aliphatic rings. The zero-order valence-corrected chi connectivity index (χ0v) is 74.4. The number of aliphatic hydroxyl groups is 13. The molecule has 5 heterocycles. The molecule has 0 aromatic carbocycles. The summed E-state index contributed by atoms with van der Waals surface area (Å²) in [6.07, 6.45) is -19.3. The van der Waals surface area contributed by atoms with Crippen LogP contribution in [0.15, 0.2) is 0 Å². The van der Waals surface area contributed by atoms with Crippen molar-refractivity contribution in [1.82, 2.24) is 63.4 Å². The van der Waals surface area contributed by atoms with E-state index in [1.54, 1.807) is 18.7 Å². The lowest BCUT2D eigenvalue weighted by Gasteiger charge is -2.42. The molecule has 46 heteroatoms. The third-order valence-corrected chi connectivity index (χ3v) is 22.4. The molecule has 0 aromatic heterocycles. The molecule has 128 heavy (non-hydrogen) atoms. The SMILES string of the molecule is COC[C@@H]1C[C@@H](O)CN1C(=O)CC(C)(C)CNC(=O)C(CCCCNC(=O)C(CCCCNC(=O)CCCCO[C@@H]1OC(CO)[C@H](O)C(O)[C@@H]1NC(C)=O)NC(=O)CCCCO[C@@H]1OC(CO)[C@H](O)C(O)[C@@H]1NC(C)=O)NC(=O)C(CCCCNC(=O)CCCCO[C@@H]1OC(CO)[C@H](O)C(O)[C@@H]1NC(C)=O)NC(=O)CCCCO[C@@H]1OC(CO)[C@H](O)C(O)[C@@H]1NC(C)=O. The molecule has 5 fully saturated rings. The van der Waals surface area contributed by atoms with Crippen LogP contribution >= 0.6 is 0 Å². The highest BCUT2D eigenvalue weighted by molar-refractivity contribution is 5.92. The average molecular weight is 1840 g/mol. The van der Waals surface area contributed by atoms with Gasteiger partial charge in [0.25, 0.3) is 0 Å². The molecular weight excluding hydrogens is 1700 g/mol. The number of aliphatic hydroxyl groups excluding tert-OH is 13. The first-order chi connectivity index (χ1) is 60.9. The molecule has 0 aliphatic carbocycles. The Kier molecular flexibility index (Phi) is 51.0. The number of hydrogen-bond donors (Lipinski definition) is 24. The second-order valence-electron chi connectivity index (χ2n) is 33.9. The summed E-state index contributed by atoms with van der Waals surface area (Å²) in [5, 5.41) is 163. The Morgan fingerprint density at radius 2 is 0.688 bits per heavy atom. The van der Waals surface area contributed by atoms with Crippen molar-refractivity contribution >= 4 is 70.9 Å². The lowest BCUT2D eigenvalue weighted by atomic mass is 9.88. The fourth-order valence-electron chi connectivity index (χ4n) is 15.4. The van der Waals surface area contributed by atoms with Gasteiger partial charge < -0.3 is 172 Å². The number of rotatable bonds is 59. The van der Waals surface area contributed by atoms with E-state index in [0.717, 1.165) is 0 Å². The second kappa shape index (κ2) is 58.6. The van der Waals surface area contributed by atoms with Crippen LogP contribution in [0.3, 0.4) is 0 Å². The van der Waals surface area contributed by atoms with Gasteiger partial charge in [-0.15, -0.1) is 0 Å². The van der Waals surface area contributed by atoms with E-state index < -0.39 is 232 Å². The predicted octanol–water partition coefficient (Wildman–Crippen LogP) is -8.04. The fourth-order valence-corrected chi connectivity index (χ4v) is 15.4. The summed E-state index contributed by atoms with van der Waals surface area (Å²) < 4.78 is 51.0. The van der Waals surface area contributed by atoms with E-state index in [1.165, 1.54) is 34.8 Å². The summed E-state index contributed by atoms with van der Waals surface area (Å²) in [7, 11) is 1.48. The lowest BCUT2D eigenvalue weighted by molar-refractivity contribution is -0.270. The first-order valence-corrected chi connectivity index (χ1v) is 44.4. The third kappa shape index (κ3) is 38.5. The maximum Gasteiger partial charge on any atom is 0.243 e. The Hall–Kier alpha value is -7.24. The van der Waals surface area contributed by atoms with Crippen LogP contribution in [0, 0.1) is 5.41 Å². The number of methoxy groups -OCH3 is 1. The topological polar surface area (TPSA) is 686 Å². The van der Waals surface area contributed by atoms with Gasteiger partial charge in [-0.1, -0.05) is 13.8 Å². The summed E-state index contributed by atoms with van der Waals surface area (Å²) in [6, 6.07) is -8.85. The number of carbonyl (C=O) groups excluding carboxylic acids is 12. The largest absolute Gasteiger partial charge is 0.394 e. The number of hydrogen-bond acceptors (Lipinski definition) is 34. The molecule has 736 valence electrons. The molecular formula is C82H144N12O34. The van der Waals surface area contributed by atoms with E-state index >= 15 is 0 Å². The molecule has 5 aliphatic heterocycles. The Bertz CT molecular complexity index is 3400. The van der Waals surface area contributed by atoms with Crippen LogP contribution in [-0.2, 0) is 100 Å². The standard InChI is InChI=1S/C82H144N12O34/c1-45(99)87-63-71(113)67(109)54(39-95)125-78(63)121-32-18-11-25-58(104)83-29-15-8-22-51(91-60(106)27-13-20-34-123-80-65(89-47(3)101)73(115)69(111)56(41-97)127-80)75(117)85-31-17-10-23-52(76(118)86-44-82(5,6)37-62(108)94-38-50(103)36-49(94)43-120-7)93-77(119)53(92-61(107)28-14-21-35-124-81-66(90-48(4)102)74(116)70(112)57(42-98)128-81)24-9-16-30-84-59(105)26-12-19-33-122-79-64(88-46(2)100)72(114)68(110)55(40-96)126-79/h49-57,63-74,78-81,95-98,103,109-116H,8-44H2,1-7H3,(H,83,104)(H,84,105)(H,85,117)(H,86,118)(H,87,99)(H,88,100)(H,89,101)(H,90,102)(H,91,106)(H,92,107)(H,93,119)/t49-,50+,51?,52?,53?,54?,55?,56?,57?,63-,64-,65-,66-,67-,68-,69-,70-,71?,72?,73?,74?,78+,79+,80+,81+/m0/s1. The van der Waals surface area contributed by atoms with E-state index in [1.807, 2.05) is 0 Å². The molecule has 12 amide bonds. The molecule has 0 saturated carbocycles. The molecule has 24 N–H and O–H groups in total. The van der Waals surface area contributed by atoms with Crippen LogP contribution in [0.5, 0.6) is 0 Å². The number of unbranched alkanes of at least 4 members (excludes halogenated alkanes) is 7. The van der Waals surface area contributed by atoms with Crippen LogP contribution in [-0.4, -0.2) is 394 Å². The Morgan fingerprint density at radius 1 is 0.383 bits per heavy atom. The van der Waals surface area contributed by atoms with Gasteiger partial charge >= 0.3 is 0 Å². The van der Waals surface area contributed by atoms with Gasteiger partial charge in [-0.3, -0.25) is 57.5 Å². The van der Waals surface area contributed by atoms with Gasteiger partial charge in [0.2, 0.25) is 70.9 Å². The highest BCUT2D eigenvalue weighted by atomic mass is 16.7. The second-order valence-corrected chi connectivity index (χ2v) is 33.9. The zero-order chi connectivity index (χ0) is 94.7. The zero-order valence-electron chi connectivity index (χ0n) is 74.4. The highest BCUT2D eigenvalue weighted by Gasteiger charge is 2.50. The lowest BCUT2D eigenvalue weighted by Crippen LogP contribution is -2.64. The summed E-state index contributed by atoms with van der Waals surface area (Å²) in [6.45, 7) is 5.98. The van der Waals surface area contributed by atoms with E-state index in [9.17, 15) is 124 Å². The quantitative estimate of drug-likeness (QED) is 0.0252. The Labute approximate surface area is 744 Å². The molecule has 0 radical (unpaired) electrons. The van der Waals surface area contributed by atoms with Crippen molar-refractivity contribution in [3.63, 3.8) is 0 Å². The number of likely N-dealkylation sites (tertiary alicyclic amines) is 1. The molecule has 0 bridgehead atoms. The van der Waals surface area contributed by atoms with Gasteiger partial charge in [0.05, 0.1) is 45.2 Å². The Balaban J connectivity index is 1.28. The van der Waals surface area contributed by atoms with Crippen LogP contribution in [0.1, 0.15) is 189 Å². The van der Waals surface area contributed by atoms with Crippen molar-refractivity contribution in [3.8, 4) is 0 Å². The van der Waals surface area contributed by atoms with Crippen molar-refractivity contribution in [1.29, 1.82) is 0 Å². The minimum atomic E-state index is -1.58. The third-order valence-electron chi connectivity index (χ3n) is 22.4. The minimum absolute atomic E-state index is 0.00496. The monoisotopic (exact) mass is 1840 g/mol. The van der Waals surface area contributed by atoms with Gasteiger partial charge in [0, 0.05) is 126 Å².